The van der Waals surface area contributed by atoms with E-state index in [1.165, 1.54) is 18.2 Å². The van der Waals surface area contributed by atoms with Crippen molar-refractivity contribution in [2.24, 2.45) is 5.73 Å². The largest absolute Gasteiger partial charge is 0.389 e. The summed E-state index contributed by atoms with van der Waals surface area (Å²) in [6, 6.07) is 5.44. The van der Waals surface area contributed by atoms with E-state index in [1.54, 1.807) is 13.0 Å². The highest BCUT2D eigenvalue weighted by Crippen LogP contribution is 2.25. The van der Waals surface area contributed by atoms with E-state index in [-0.39, 0.29) is 18.6 Å². The Morgan fingerprint density at radius 3 is 2.42 bits per heavy atom. The Labute approximate surface area is 109 Å². The zero-order chi connectivity index (χ0) is 14.5. The summed E-state index contributed by atoms with van der Waals surface area (Å²) in [4.78, 5) is 0. The molecule has 19 heavy (non-hydrogen) atoms. The molecule has 0 aliphatic carbocycles. The van der Waals surface area contributed by atoms with Crippen LogP contribution in [0.25, 0.3) is 0 Å². The third kappa shape index (κ3) is 5.57. The molecule has 1 aromatic carbocycles. The zero-order valence-corrected chi connectivity index (χ0v) is 10.6. The van der Waals surface area contributed by atoms with Crippen LogP contribution in [0.4, 0.5) is 17.6 Å². The highest BCUT2D eigenvalue weighted by molar-refractivity contribution is 5.21. The Kier molecular flexibility index (Phi) is 5.75. The quantitative estimate of drug-likeness (QED) is 0.638. The van der Waals surface area contributed by atoms with Gasteiger partial charge in [0.15, 0.2) is 0 Å². The van der Waals surface area contributed by atoms with E-state index < -0.39 is 30.6 Å². The molecule has 2 atom stereocenters. The summed E-state index contributed by atoms with van der Waals surface area (Å²) in [6.45, 7) is 1.51. The van der Waals surface area contributed by atoms with E-state index in [9.17, 15) is 17.6 Å². The molecule has 2 nitrogen and oxygen atoms in total. The van der Waals surface area contributed by atoms with Crippen LogP contribution in [0.3, 0.4) is 0 Å². The van der Waals surface area contributed by atoms with Crippen molar-refractivity contribution in [1.29, 1.82) is 0 Å². The molecule has 6 heteroatoms. The fraction of sp³-hybridized carbons (Fsp3) is 0.538. The lowest BCUT2D eigenvalue weighted by Crippen LogP contribution is -2.28. The van der Waals surface area contributed by atoms with Gasteiger partial charge in [0, 0.05) is 24.6 Å². The lowest BCUT2D eigenvalue weighted by atomic mass is 10.0. The van der Waals surface area contributed by atoms with Gasteiger partial charge >= 0.3 is 6.18 Å². The van der Waals surface area contributed by atoms with Gasteiger partial charge in [0.25, 0.3) is 0 Å². The van der Waals surface area contributed by atoms with E-state index in [0.717, 1.165) is 0 Å². The van der Waals surface area contributed by atoms with Crippen molar-refractivity contribution in [3.63, 3.8) is 0 Å². The van der Waals surface area contributed by atoms with Gasteiger partial charge in [-0.05, 0) is 19.4 Å². The van der Waals surface area contributed by atoms with Gasteiger partial charge in [-0.2, -0.15) is 13.2 Å². The summed E-state index contributed by atoms with van der Waals surface area (Å²) in [5, 5.41) is 0. The van der Waals surface area contributed by atoms with E-state index in [1.807, 2.05) is 0 Å². The van der Waals surface area contributed by atoms with Crippen molar-refractivity contribution in [3.05, 3.63) is 35.6 Å². The number of hydrogen-bond donors (Lipinski definition) is 1. The first-order valence-electron chi connectivity index (χ1n) is 5.99. The molecule has 0 aliphatic rings. The van der Waals surface area contributed by atoms with Crippen LogP contribution in [-0.2, 0) is 4.74 Å². The number of hydrogen-bond acceptors (Lipinski definition) is 2. The Morgan fingerprint density at radius 2 is 1.89 bits per heavy atom. The molecule has 2 unspecified atom stereocenters. The lowest BCUT2D eigenvalue weighted by Gasteiger charge is -2.22. The van der Waals surface area contributed by atoms with Crippen LogP contribution in [0.1, 0.15) is 31.4 Å². The van der Waals surface area contributed by atoms with Gasteiger partial charge in [-0.1, -0.05) is 18.2 Å². The highest BCUT2D eigenvalue weighted by Gasteiger charge is 2.27. The van der Waals surface area contributed by atoms with Gasteiger partial charge in [-0.15, -0.1) is 0 Å². The minimum atomic E-state index is -4.20. The van der Waals surface area contributed by atoms with E-state index in [0.29, 0.717) is 0 Å². The summed E-state index contributed by atoms with van der Waals surface area (Å²) >= 11 is 0. The van der Waals surface area contributed by atoms with Gasteiger partial charge in [0.05, 0.1) is 0 Å². The van der Waals surface area contributed by atoms with Crippen molar-refractivity contribution in [2.45, 2.75) is 38.1 Å². The van der Waals surface area contributed by atoms with Crippen LogP contribution in [0.5, 0.6) is 0 Å². The number of ether oxygens (including phenoxy) is 1. The van der Waals surface area contributed by atoms with E-state index in [2.05, 4.69) is 0 Å². The second-order valence-corrected chi connectivity index (χ2v) is 4.39. The molecule has 0 heterocycles. The van der Waals surface area contributed by atoms with Gasteiger partial charge in [-0.3, -0.25) is 0 Å². The monoisotopic (exact) mass is 279 g/mol. The third-order valence-electron chi connectivity index (χ3n) is 2.59. The van der Waals surface area contributed by atoms with Crippen molar-refractivity contribution in [1.82, 2.24) is 0 Å². The predicted octanol–water partition coefficient (Wildman–Crippen LogP) is 3.57. The van der Waals surface area contributed by atoms with E-state index >= 15 is 0 Å². The third-order valence-corrected chi connectivity index (χ3v) is 2.59. The minimum absolute atomic E-state index is 0.111. The van der Waals surface area contributed by atoms with Gasteiger partial charge in [0.2, 0.25) is 0 Å². The molecule has 0 spiro atoms. The molecule has 0 aromatic heterocycles. The molecular weight excluding hydrogens is 262 g/mol. The molecule has 2 N–H and O–H groups in total. The summed E-state index contributed by atoms with van der Waals surface area (Å²) in [5.41, 5.74) is 5.96. The summed E-state index contributed by atoms with van der Waals surface area (Å²) in [5.74, 6) is -0.472. The van der Waals surface area contributed by atoms with Crippen LogP contribution in [0.2, 0.25) is 0 Å². The maximum absolute atomic E-state index is 13.6. The normalized spacial score (nSPS) is 15.3. The molecule has 0 saturated carbocycles. The lowest BCUT2D eigenvalue weighted by molar-refractivity contribution is -0.139. The average molecular weight is 279 g/mol. The number of alkyl halides is 3. The maximum atomic E-state index is 13.6. The second kappa shape index (κ2) is 6.86. The minimum Gasteiger partial charge on any atom is -0.372 e. The molecule has 0 fully saturated rings. The Bertz CT molecular complexity index is 392. The zero-order valence-electron chi connectivity index (χ0n) is 10.6. The fourth-order valence-corrected chi connectivity index (χ4v) is 1.71. The highest BCUT2D eigenvalue weighted by atomic mass is 19.4. The Balaban J connectivity index is 2.58. The molecule has 1 aromatic rings. The Hall–Kier alpha value is -1.14. The molecule has 108 valence electrons. The van der Waals surface area contributed by atoms with E-state index in [4.69, 9.17) is 10.5 Å². The molecular formula is C13H17F4NO. The average Bonchev–Trinajstić information content (AvgIpc) is 2.29. The van der Waals surface area contributed by atoms with Crippen LogP contribution in [0.15, 0.2) is 24.3 Å². The molecule has 1 rings (SSSR count). The fourth-order valence-electron chi connectivity index (χ4n) is 1.71. The predicted molar refractivity (Wildman–Crippen MR) is 64.0 cm³/mol. The molecule has 0 aliphatic heterocycles. The van der Waals surface area contributed by atoms with Crippen LogP contribution < -0.4 is 5.73 Å². The van der Waals surface area contributed by atoms with Gasteiger partial charge in [0.1, 0.15) is 11.9 Å². The molecule has 0 saturated heterocycles. The van der Waals surface area contributed by atoms with Crippen molar-refractivity contribution in [2.75, 3.05) is 6.61 Å². The van der Waals surface area contributed by atoms with Gasteiger partial charge < -0.3 is 10.5 Å². The molecule has 0 radical (unpaired) electrons. The first-order chi connectivity index (χ1) is 8.81. The summed E-state index contributed by atoms with van der Waals surface area (Å²) in [7, 11) is 0. The van der Waals surface area contributed by atoms with Gasteiger partial charge in [-0.25, -0.2) is 4.39 Å². The van der Waals surface area contributed by atoms with Crippen LogP contribution in [0, 0.1) is 5.82 Å². The standard InChI is InChI=1S/C13H17F4NO/c1-9(18)12(10-5-2-3-6-11(10)14)19-8-4-7-13(15,16)17/h2-3,5-6,9,12H,4,7-8,18H2,1H3. The summed E-state index contributed by atoms with van der Waals surface area (Å²) < 4.78 is 54.8. The smallest absolute Gasteiger partial charge is 0.372 e. The second-order valence-electron chi connectivity index (χ2n) is 4.39. The number of halogens is 4. The van der Waals surface area contributed by atoms with Crippen molar-refractivity contribution < 1.29 is 22.3 Å². The molecule has 0 bridgehead atoms. The number of nitrogens with two attached hydrogens (primary N) is 1. The van der Waals surface area contributed by atoms with Crippen molar-refractivity contribution >= 4 is 0 Å². The first kappa shape index (κ1) is 15.9. The first-order valence-corrected chi connectivity index (χ1v) is 5.99. The van der Waals surface area contributed by atoms with Crippen LogP contribution in [-0.4, -0.2) is 18.8 Å². The molecule has 0 amide bonds. The topological polar surface area (TPSA) is 35.2 Å². The maximum Gasteiger partial charge on any atom is 0.389 e. The van der Waals surface area contributed by atoms with Crippen molar-refractivity contribution in [3.8, 4) is 0 Å². The Morgan fingerprint density at radius 1 is 1.26 bits per heavy atom. The summed E-state index contributed by atoms with van der Waals surface area (Å²) in [6.07, 6.45) is -6.03. The number of benzene rings is 1. The SMILES string of the molecule is CC(N)C(OCCCC(F)(F)F)c1ccccc1F. The van der Waals surface area contributed by atoms with Crippen LogP contribution >= 0.6 is 0 Å². The number of rotatable bonds is 6.